The molecule has 3 aliphatic carbocycles. The van der Waals surface area contributed by atoms with Crippen molar-refractivity contribution in [2.45, 2.75) is 57.8 Å². The van der Waals surface area contributed by atoms with E-state index < -0.39 is 64.7 Å². The molecule has 1 amide bonds. The van der Waals surface area contributed by atoms with Gasteiger partial charge in [-0.05, 0) is 62.4 Å². The van der Waals surface area contributed by atoms with Crippen molar-refractivity contribution >= 4 is 28.9 Å². The summed E-state index contributed by atoms with van der Waals surface area (Å²) in [5, 5.41) is 36.9. The second-order valence-electron chi connectivity index (χ2n) is 11.4. The summed E-state index contributed by atoms with van der Waals surface area (Å²) in [6.45, 7) is 6.53. The molecule has 0 radical (unpaired) electrons. The highest BCUT2D eigenvalue weighted by Crippen LogP contribution is 2.52. The van der Waals surface area contributed by atoms with Crippen LogP contribution < -0.4 is 11.1 Å². The normalized spacial score (nSPS) is 33.3. The van der Waals surface area contributed by atoms with E-state index in [2.05, 4.69) is 5.32 Å². The highest BCUT2D eigenvalue weighted by atomic mass is 16.3. The molecule has 3 unspecified atom stereocenters. The molecule has 0 bridgehead atoms. The molecule has 0 saturated heterocycles. The number of nitrogens with one attached hydrogen (secondary N) is 1. The van der Waals surface area contributed by atoms with Gasteiger partial charge in [-0.15, -0.1) is 0 Å². The molecule has 10 heteroatoms. The summed E-state index contributed by atoms with van der Waals surface area (Å²) in [5.74, 6) is -8.61. The number of likely N-dealkylation sites (N-methyl/N-ethyl adjacent to an activating group) is 1. The largest absolute Gasteiger partial charge is 0.505 e. The lowest BCUT2D eigenvalue weighted by Crippen LogP contribution is -2.75. The molecule has 10 nitrogen and oxygen atoms in total. The molecule has 0 spiro atoms. The van der Waals surface area contributed by atoms with Gasteiger partial charge in [0.2, 0.25) is 5.91 Å². The summed E-state index contributed by atoms with van der Waals surface area (Å²) in [6, 6.07) is 0.919. The number of primary amides is 1. The van der Waals surface area contributed by atoms with Crippen LogP contribution in [0.4, 0.5) is 5.69 Å². The number of carbonyl (C=O) groups is 4. The summed E-state index contributed by atoms with van der Waals surface area (Å²) in [7, 11) is 3.25. The van der Waals surface area contributed by atoms with Crippen molar-refractivity contribution in [1.82, 2.24) is 4.90 Å². The van der Waals surface area contributed by atoms with Crippen LogP contribution in [-0.2, 0) is 27.2 Å². The summed E-state index contributed by atoms with van der Waals surface area (Å²) in [5.41, 5.74) is 4.73. The number of nitrogens with two attached hydrogens (primary N) is 1. The van der Waals surface area contributed by atoms with Crippen molar-refractivity contribution in [3.05, 3.63) is 22.8 Å². The van der Waals surface area contributed by atoms with Crippen molar-refractivity contribution in [1.29, 1.82) is 0 Å². The van der Waals surface area contributed by atoms with Crippen molar-refractivity contribution < 1.29 is 34.5 Å². The third-order valence-electron chi connectivity index (χ3n) is 8.46. The van der Waals surface area contributed by atoms with E-state index in [1.807, 2.05) is 26.8 Å². The number of Topliss-reactive ketones (excluding diaryl/α,β-unsaturated/α-hetero) is 3. The predicted molar refractivity (Wildman–Crippen MR) is 135 cm³/mol. The predicted octanol–water partition coefficient (Wildman–Crippen LogP) is 0.289. The number of hydrogen-bond donors (Lipinski definition) is 5. The van der Waals surface area contributed by atoms with Crippen molar-refractivity contribution in [2.24, 2.45) is 35.3 Å². The maximum Gasteiger partial charge on any atom is 0.230 e. The standard InChI is InChI=1S/C27H37N3O7/c1-6-12-9-16(29-10-11(2)3)21(31)18-14(12)7-13-8-15-20(30(4)5)23(33)19(26(28)36)25(35)27(15,37)24(34)17(13)22(18)32/h9,11,13,15,17,19-20,23,29,31,33,37H,6-8,10H2,1-5H3,(H2,28,36)/t13-,15-,17?,19?,20-,23?,27-/m1/s1. The summed E-state index contributed by atoms with van der Waals surface area (Å²) < 4.78 is 0. The van der Waals surface area contributed by atoms with Gasteiger partial charge in [-0.1, -0.05) is 20.8 Å². The maximum absolute atomic E-state index is 13.9. The first-order chi connectivity index (χ1) is 17.3. The Labute approximate surface area is 216 Å². The van der Waals surface area contributed by atoms with E-state index in [0.29, 0.717) is 30.6 Å². The van der Waals surface area contributed by atoms with Crippen molar-refractivity contribution in [2.75, 3.05) is 26.0 Å². The van der Waals surface area contributed by atoms with Crippen LogP contribution in [0.1, 0.15) is 48.7 Å². The molecule has 1 aromatic carbocycles. The molecule has 4 rings (SSSR count). The monoisotopic (exact) mass is 515 g/mol. The number of phenolic OH excluding ortho intramolecular Hbond substituents is 1. The number of carbonyl (C=O) groups excluding carboxylic acids is 4. The van der Waals surface area contributed by atoms with Crippen LogP contribution in [0, 0.1) is 29.6 Å². The van der Waals surface area contributed by atoms with Gasteiger partial charge >= 0.3 is 0 Å². The number of aliphatic hydroxyl groups is 2. The molecule has 2 fully saturated rings. The second-order valence-corrected chi connectivity index (χ2v) is 11.4. The summed E-state index contributed by atoms with van der Waals surface area (Å²) in [4.78, 5) is 54.9. The fraction of sp³-hybridized carbons (Fsp3) is 0.630. The Balaban J connectivity index is 1.84. The fourth-order valence-electron chi connectivity index (χ4n) is 6.73. The van der Waals surface area contributed by atoms with E-state index in [0.717, 1.165) is 5.56 Å². The van der Waals surface area contributed by atoms with Crippen LogP contribution in [0.3, 0.4) is 0 Å². The minimum absolute atomic E-state index is 0.0427. The number of aliphatic hydroxyl groups excluding tert-OH is 1. The smallest absolute Gasteiger partial charge is 0.230 e. The van der Waals surface area contributed by atoms with Gasteiger partial charge in [0.15, 0.2) is 23.0 Å². The lowest BCUT2D eigenvalue weighted by atomic mass is 9.52. The number of phenols is 1. The third kappa shape index (κ3) is 3.97. The molecule has 3 aliphatic rings. The van der Waals surface area contributed by atoms with Gasteiger partial charge < -0.3 is 31.3 Å². The van der Waals surface area contributed by atoms with E-state index in [1.165, 1.54) is 0 Å². The highest BCUT2D eigenvalue weighted by molar-refractivity contribution is 6.25. The number of aromatic hydroxyl groups is 1. The first kappa shape index (κ1) is 27.2. The molecule has 202 valence electrons. The molecule has 0 aromatic heterocycles. The zero-order valence-corrected chi connectivity index (χ0v) is 21.9. The van der Waals surface area contributed by atoms with Crippen LogP contribution in [0.15, 0.2) is 6.07 Å². The van der Waals surface area contributed by atoms with Crippen LogP contribution in [0.5, 0.6) is 5.75 Å². The zero-order chi connectivity index (χ0) is 27.6. The van der Waals surface area contributed by atoms with Gasteiger partial charge in [-0.2, -0.15) is 0 Å². The van der Waals surface area contributed by atoms with Gasteiger partial charge in [-0.25, -0.2) is 0 Å². The van der Waals surface area contributed by atoms with E-state index in [4.69, 9.17) is 5.73 Å². The van der Waals surface area contributed by atoms with Crippen LogP contribution in [0.25, 0.3) is 0 Å². The number of hydrogen-bond acceptors (Lipinski definition) is 9. The van der Waals surface area contributed by atoms with E-state index in [9.17, 15) is 34.5 Å². The molecule has 6 N–H and O–H groups in total. The molecular formula is C27H37N3O7. The second kappa shape index (κ2) is 9.49. The Morgan fingerprint density at radius 3 is 2.43 bits per heavy atom. The average Bonchev–Trinajstić information content (AvgIpc) is 2.80. The molecule has 7 atom stereocenters. The molecular weight excluding hydrogens is 478 g/mol. The maximum atomic E-state index is 13.9. The number of amides is 1. The Kier molecular flexibility index (Phi) is 6.98. The average molecular weight is 516 g/mol. The Morgan fingerprint density at radius 2 is 1.89 bits per heavy atom. The number of anilines is 1. The van der Waals surface area contributed by atoms with Gasteiger partial charge in [0.25, 0.3) is 0 Å². The third-order valence-corrected chi connectivity index (χ3v) is 8.46. The minimum Gasteiger partial charge on any atom is -0.505 e. The fourth-order valence-corrected chi connectivity index (χ4v) is 6.73. The number of aryl methyl sites for hydroxylation is 1. The Morgan fingerprint density at radius 1 is 1.24 bits per heavy atom. The molecule has 2 saturated carbocycles. The van der Waals surface area contributed by atoms with Gasteiger partial charge in [-0.3, -0.25) is 19.2 Å². The number of rotatable bonds is 6. The quantitative estimate of drug-likeness (QED) is 0.264. The van der Waals surface area contributed by atoms with Crippen LogP contribution in [0.2, 0.25) is 0 Å². The first-order valence-corrected chi connectivity index (χ1v) is 12.9. The lowest BCUT2D eigenvalue weighted by molar-refractivity contribution is -0.190. The van der Waals surface area contributed by atoms with Crippen molar-refractivity contribution in [3.63, 3.8) is 0 Å². The molecule has 0 aliphatic heterocycles. The first-order valence-electron chi connectivity index (χ1n) is 12.9. The zero-order valence-electron chi connectivity index (χ0n) is 21.9. The highest BCUT2D eigenvalue weighted by Gasteiger charge is 2.69. The topological polar surface area (TPSA) is 170 Å². The van der Waals surface area contributed by atoms with Gasteiger partial charge in [0.1, 0.15) is 11.7 Å². The van der Waals surface area contributed by atoms with Gasteiger partial charge in [0, 0.05) is 18.5 Å². The number of nitrogens with zero attached hydrogens (tertiary/aromatic N) is 1. The Bertz CT molecular complexity index is 1160. The van der Waals surface area contributed by atoms with Crippen LogP contribution in [-0.4, -0.2) is 81.9 Å². The summed E-state index contributed by atoms with van der Waals surface area (Å²) >= 11 is 0. The SMILES string of the molecule is CCc1cc(NCC(C)C)c(O)c2c1C[C@@H]1C[C@@H]3[C@@H](N(C)C)C(O)C(C(N)=O)C(=O)[C@]3(O)C(=O)C1C2=O. The lowest BCUT2D eigenvalue weighted by Gasteiger charge is -2.54. The number of ketones is 3. The summed E-state index contributed by atoms with van der Waals surface area (Å²) in [6.07, 6.45) is -0.504. The molecule has 0 heterocycles. The van der Waals surface area contributed by atoms with E-state index >= 15 is 0 Å². The molecule has 37 heavy (non-hydrogen) atoms. The number of benzene rings is 1. The van der Waals surface area contributed by atoms with Crippen molar-refractivity contribution in [3.8, 4) is 5.75 Å². The Hall–Kier alpha value is -2.82. The van der Waals surface area contributed by atoms with E-state index in [1.54, 1.807) is 19.0 Å². The van der Waals surface area contributed by atoms with Crippen LogP contribution >= 0.6 is 0 Å². The molecule has 1 aromatic rings. The van der Waals surface area contributed by atoms with Gasteiger partial charge in [0.05, 0.1) is 23.3 Å². The minimum atomic E-state index is -2.65. The number of fused-ring (bicyclic) bond motifs is 3. The van der Waals surface area contributed by atoms with E-state index in [-0.39, 0.29) is 23.7 Å².